The summed E-state index contributed by atoms with van der Waals surface area (Å²) in [5, 5.41) is 0. The first-order chi connectivity index (χ1) is 12.4. The summed E-state index contributed by atoms with van der Waals surface area (Å²) in [4.78, 5) is 18.1. The van der Waals surface area contributed by atoms with Gasteiger partial charge in [0.2, 0.25) is 6.29 Å². The molecule has 9 heteroatoms. The number of nitrogens with zero attached hydrogens (tertiary/aromatic N) is 6. The highest BCUT2D eigenvalue weighted by Crippen LogP contribution is 2.31. The molecule has 0 fully saturated rings. The van der Waals surface area contributed by atoms with Crippen molar-refractivity contribution in [2.24, 2.45) is 9.98 Å². The Morgan fingerprint density at radius 3 is 2.62 bits per heavy atom. The van der Waals surface area contributed by atoms with Gasteiger partial charge in [0.15, 0.2) is 0 Å². The molecule has 1 aliphatic heterocycles. The van der Waals surface area contributed by atoms with Crippen molar-refractivity contribution in [3.05, 3.63) is 54.1 Å². The van der Waals surface area contributed by atoms with Crippen LogP contribution in [-0.2, 0) is 6.18 Å². The molecular formula is C17H13F3N6. The second-order valence-corrected chi connectivity index (χ2v) is 5.70. The Morgan fingerprint density at radius 1 is 1.08 bits per heavy atom. The van der Waals surface area contributed by atoms with Gasteiger partial charge >= 0.3 is 6.18 Å². The number of aromatic nitrogens is 3. The van der Waals surface area contributed by atoms with Crippen LogP contribution in [-0.4, -0.2) is 27.2 Å². The van der Waals surface area contributed by atoms with Crippen LogP contribution in [0.4, 0.5) is 18.9 Å². The zero-order valence-corrected chi connectivity index (χ0v) is 13.6. The van der Waals surface area contributed by atoms with Crippen molar-refractivity contribution in [2.75, 3.05) is 4.90 Å². The first-order valence-corrected chi connectivity index (χ1v) is 7.75. The molecule has 132 valence electrons. The highest BCUT2D eigenvalue weighted by Gasteiger charge is 2.32. The zero-order valence-electron chi connectivity index (χ0n) is 13.6. The minimum atomic E-state index is -4.48. The van der Waals surface area contributed by atoms with E-state index in [0.29, 0.717) is 5.69 Å². The lowest BCUT2D eigenvalue weighted by Gasteiger charge is -2.30. The summed E-state index contributed by atoms with van der Waals surface area (Å²) in [5.74, 6) is 0.730. The van der Waals surface area contributed by atoms with Gasteiger partial charge in [0.05, 0.1) is 22.9 Å². The molecule has 0 bridgehead atoms. The highest BCUT2D eigenvalue weighted by atomic mass is 19.4. The molecule has 4 rings (SSSR count). The second-order valence-electron chi connectivity index (χ2n) is 5.70. The molecular weight excluding hydrogens is 345 g/mol. The van der Waals surface area contributed by atoms with Crippen LogP contribution in [0, 0.1) is 6.92 Å². The lowest BCUT2D eigenvalue weighted by molar-refractivity contribution is -0.141. The van der Waals surface area contributed by atoms with Crippen LogP contribution in [0.25, 0.3) is 11.0 Å². The summed E-state index contributed by atoms with van der Waals surface area (Å²) in [6.07, 6.45) is -0.956. The van der Waals surface area contributed by atoms with E-state index >= 15 is 0 Å². The van der Waals surface area contributed by atoms with Gasteiger partial charge in [0, 0.05) is 0 Å². The summed E-state index contributed by atoms with van der Waals surface area (Å²) in [7, 11) is 0. The molecule has 0 saturated heterocycles. The summed E-state index contributed by atoms with van der Waals surface area (Å²) in [6, 6.07) is 9.89. The molecule has 0 aliphatic carbocycles. The first kappa shape index (κ1) is 16.2. The number of aryl methyl sites for hydroxylation is 1. The number of alkyl halides is 3. The third-order valence-corrected chi connectivity index (χ3v) is 4.05. The average Bonchev–Trinajstić information content (AvgIpc) is 2.97. The van der Waals surface area contributed by atoms with E-state index in [-0.39, 0.29) is 0 Å². The number of anilines is 1. The molecule has 0 N–H and O–H groups in total. The van der Waals surface area contributed by atoms with Crippen LogP contribution < -0.4 is 4.90 Å². The van der Waals surface area contributed by atoms with Crippen LogP contribution in [0.5, 0.6) is 0 Å². The van der Waals surface area contributed by atoms with Gasteiger partial charge in [-0.25, -0.2) is 20.0 Å². The van der Waals surface area contributed by atoms with Crippen molar-refractivity contribution >= 4 is 29.4 Å². The molecule has 1 atom stereocenters. The molecule has 0 radical (unpaired) electrons. The number of fused-ring (bicyclic) bond motifs is 1. The quantitative estimate of drug-likeness (QED) is 0.700. The van der Waals surface area contributed by atoms with Crippen molar-refractivity contribution in [1.29, 1.82) is 0 Å². The number of hydrogen-bond donors (Lipinski definition) is 0. The van der Waals surface area contributed by atoms with Crippen LogP contribution in [0.15, 0.2) is 52.6 Å². The standard InChI is InChI=1S/C17H13F3N6/c1-11-24-13-4-2-3-5-14(13)26(11)16-23-9-21-10-25(16)12-6-7-15(22-8-12)17(18,19)20/h2-10,16H,1H3. The first-order valence-electron chi connectivity index (χ1n) is 7.75. The number of para-hydroxylation sites is 2. The van der Waals surface area contributed by atoms with Crippen LogP contribution in [0.3, 0.4) is 0 Å². The van der Waals surface area contributed by atoms with E-state index in [9.17, 15) is 13.2 Å². The van der Waals surface area contributed by atoms with Gasteiger partial charge in [-0.15, -0.1) is 0 Å². The van der Waals surface area contributed by atoms with Gasteiger partial charge in [-0.05, 0) is 31.2 Å². The van der Waals surface area contributed by atoms with Gasteiger partial charge in [-0.3, -0.25) is 9.47 Å². The fraction of sp³-hybridized carbons (Fsp3) is 0.176. The van der Waals surface area contributed by atoms with E-state index < -0.39 is 18.2 Å². The Balaban J connectivity index is 1.77. The molecule has 1 aromatic carbocycles. The van der Waals surface area contributed by atoms with Gasteiger partial charge in [0.1, 0.15) is 24.2 Å². The predicted octanol–water partition coefficient (Wildman–Crippen LogP) is 3.79. The third kappa shape index (κ3) is 2.71. The molecule has 6 nitrogen and oxygen atoms in total. The number of benzene rings is 1. The fourth-order valence-corrected chi connectivity index (χ4v) is 2.89. The monoisotopic (exact) mass is 358 g/mol. The van der Waals surface area contributed by atoms with Crippen LogP contribution in [0.1, 0.15) is 17.8 Å². The third-order valence-electron chi connectivity index (χ3n) is 4.05. The zero-order chi connectivity index (χ0) is 18.3. The van der Waals surface area contributed by atoms with Gasteiger partial charge in [-0.2, -0.15) is 13.2 Å². The molecule has 1 unspecified atom stereocenters. The van der Waals surface area contributed by atoms with Gasteiger partial charge in [-0.1, -0.05) is 12.1 Å². The number of aliphatic imine (C=N–C) groups is 2. The topological polar surface area (TPSA) is 58.7 Å². The molecule has 0 amide bonds. The van der Waals surface area contributed by atoms with E-state index in [1.54, 1.807) is 4.90 Å². The Kier molecular flexibility index (Phi) is 3.71. The number of imidazole rings is 1. The van der Waals surface area contributed by atoms with Crippen molar-refractivity contribution in [2.45, 2.75) is 19.4 Å². The van der Waals surface area contributed by atoms with Gasteiger partial charge in [0.25, 0.3) is 0 Å². The lowest BCUT2D eigenvalue weighted by atomic mass is 10.3. The van der Waals surface area contributed by atoms with Crippen molar-refractivity contribution in [3.63, 3.8) is 0 Å². The maximum Gasteiger partial charge on any atom is 0.433 e. The molecule has 0 saturated carbocycles. The number of pyridine rings is 1. The predicted molar refractivity (Wildman–Crippen MR) is 92.2 cm³/mol. The van der Waals surface area contributed by atoms with Crippen LogP contribution in [0.2, 0.25) is 0 Å². The normalized spacial score (nSPS) is 17.2. The summed E-state index contributed by atoms with van der Waals surface area (Å²) in [6.45, 7) is 1.85. The maximum atomic E-state index is 12.8. The van der Waals surface area contributed by atoms with E-state index in [2.05, 4.69) is 20.0 Å². The fourth-order valence-electron chi connectivity index (χ4n) is 2.89. The van der Waals surface area contributed by atoms with Gasteiger partial charge < -0.3 is 0 Å². The Hall–Kier alpha value is -3.23. The van der Waals surface area contributed by atoms with Crippen molar-refractivity contribution < 1.29 is 13.2 Å². The summed E-state index contributed by atoms with van der Waals surface area (Å²) in [5.41, 5.74) is 1.18. The molecule has 26 heavy (non-hydrogen) atoms. The lowest BCUT2D eigenvalue weighted by Crippen LogP contribution is -2.33. The highest BCUT2D eigenvalue weighted by molar-refractivity contribution is 5.87. The Bertz CT molecular complexity index is 1000. The minimum Gasteiger partial charge on any atom is -0.290 e. The Morgan fingerprint density at radius 2 is 1.88 bits per heavy atom. The van der Waals surface area contributed by atoms with E-state index in [1.165, 1.54) is 18.7 Å². The largest absolute Gasteiger partial charge is 0.433 e. The van der Waals surface area contributed by atoms with E-state index in [1.807, 2.05) is 35.8 Å². The Labute approximate surface area is 146 Å². The second kappa shape index (κ2) is 5.94. The average molecular weight is 358 g/mol. The molecule has 3 aromatic rings. The smallest absolute Gasteiger partial charge is 0.290 e. The number of rotatable bonds is 2. The van der Waals surface area contributed by atoms with Crippen molar-refractivity contribution in [3.8, 4) is 0 Å². The molecule has 1 aliphatic rings. The summed E-state index contributed by atoms with van der Waals surface area (Å²) >= 11 is 0. The molecule has 3 heterocycles. The molecule has 2 aromatic heterocycles. The SMILES string of the molecule is Cc1nc2ccccc2n1C1N=CN=CN1c1ccc(C(F)(F)F)nc1. The summed E-state index contributed by atoms with van der Waals surface area (Å²) < 4.78 is 40.2. The number of hydrogen-bond acceptors (Lipinski definition) is 5. The van der Waals surface area contributed by atoms with E-state index in [4.69, 9.17) is 0 Å². The minimum absolute atomic E-state index is 0.445. The van der Waals surface area contributed by atoms with Crippen LogP contribution >= 0.6 is 0 Å². The van der Waals surface area contributed by atoms with E-state index in [0.717, 1.165) is 29.1 Å². The maximum absolute atomic E-state index is 12.8. The molecule has 0 spiro atoms. The van der Waals surface area contributed by atoms with Crippen molar-refractivity contribution in [1.82, 2.24) is 14.5 Å². The number of halogens is 3.